The number of hydrogen-bond donors (Lipinski definition) is 1. The molecule has 0 spiro atoms. The van der Waals surface area contributed by atoms with E-state index in [9.17, 15) is 0 Å². The molecule has 1 N–H and O–H groups in total. The minimum absolute atomic E-state index is 0.0867. The zero-order valence-electron chi connectivity index (χ0n) is 14.1. The van der Waals surface area contributed by atoms with Gasteiger partial charge in [0.25, 0.3) is 0 Å². The molecule has 0 saturated heterocycles. The van der Waals surface area contributed by atoms with Gasteiger partial charge in [-0.2, -0.15) is 0 Å². The molecule has 0 radical (unpaired) electrons. The minimum atomic E-state index is -0.0867. The van der Waals surface area contributed by atoms with Crippen molar-refractivity contribution in [3.05, 3.63) is 0 Å². The van der Waals surface area contributed by atoms with Crippen molar-refractivity contribution < 1.29 is 9.47 Å². The van der Waals surface area contributed by atoms with Crippen molar-refractivity contribution in [2.45, 2.75) is 71.6 Å². The van der Waals surface area contributed by atoms with E-state index in [0.29, 0.717) is 11.5 Å². The van der Waals surface area contributed by atoms with Gasteiger partial charge in [0, 0.05) is 25.8 Å². The molecule has 4 bridgehead atoms. The van der Waals surface area contributed by atoms with Crippen molar-refractivity contribution in [2.75, 3.05) is 19.8 Å². The van der Waals surface area contributed by atoms with Gasteiger partial charge in [0.1, 0.15) is 0 Å². The summed E-state index contributed by atoms with van der Waals surface area (Å²) in [5, 5.41) is 3.76. The van der Waals surface area contributed by atoms with Crippen molar-refractivity contribution in [1.29, 1.82) is 0 Å². The van der Waals surface area contributed by atoms with Crippen molar-refractivity contribution in [3.63, 3.8) is 0 Å². The van der Waals surface area contributed by atoms with Gasteiger partial charge < -0.3 is 14.8 Å². The lowest BCUT2D eigenvalue weighted by Crippen LogP contribution is -2.55. The number of nitrogens with one attached hydrogen (secondary N) is 1. The zero-order valence-corrected chi connectivity index (χ0v) is 14.1. The molecule has 0 aliphatic heterocycles. The molecule has 4 aliphatic rings. The fourth-order valence-electron chi connectivity index (χ4n) is 5.74. The third kappa shape index (κ3) is 3.30. The normalized spacial score (nSPS) is 39.1. The molecular formula is C18H33NO2. The second kappa shape index (κ2) is 6.55. The van der Waals surface area contributed by atoms with Crippen molar-refractivity contribution in [3.8, 4) is 0 Å². The first kappa shape index (κ1) is 15.8. The molecule has 0 heterocycles. The lowest BCUT2D eigenvalue weighted by molar-refractivity contribution is -0.138. The van der Waals surface area contributed by atoms with Crippen LogP contribution in [0.4, 0.5) is 0 Å². The first-order valence-electron chi connectivity index (χ1n) is 9.11. The van der Waals surface area contributed by atoms with E-state index in [1.165, 1.54) is 38.5 Å². The zero-order chi connectivity index (χ0) is 14.9. The second-order valence-electron chi connectivity index (χ2n) is 7.75. The fraction of sp³-hybridized carbons (Fsp3) is 1.00. The highest BCUT2D eigenvalue weighted by molar-refractivity contribution is 5.05. The van der Waals surface area contributed by atoms with E-state index >= 15 is 0 Å². The lowest BCUT2D eigenvalue weighted by atomic mass is 9.48. The number of hydrogen-bond acceptors (Lipinski definition) is 3. The molecular weight excluding hydrogens is 262 g/mol. The monoisotopic (exact) mass is 295 g/mol. The van der Waals surface area contributed by atoms with E-state index < -0.39 is 0 Å². The molecule has 1 unspecified atom stereocenters. The van der Waals surface area contributed by atoms with Crippen molar-refractivity contribution in [1.82, 2.24) is 5.32 Å². The molecule has 4 saturated carbocycles. The van der Waals surface area contributed by atoms with Crippen LogP contribution in [-0.2, 0) is 9.47 Å². The summed E-state index contributed by atoms with van der Waals surface area (Å²) in [6.45, 7) is 8.74. The van der Waals surface area contributed by atoms with E-state index in [1.807, 2.05) is 13.8 Å². The maximum absolute atomic E-state index is 5.67. The quantitative estimate of drug-likeness (QED) is 0.694. The van der Waals surface area contributed by atoms with Crippen LogP contribution < -0.4 is 5.32 Å². The Bertz CT molecular complexity index is 303. The standard InChI is InChI=1S/C18H33NO2/c1-4-20-17(21-5-2)12-19-13(3)18-9-14-6-15(10-18)8-16(7-14)11-18/h13-17,19H,4-12H2,1-3H3. The molecule has 4 aliphatic carbocycles. The Morgan fingerprint density at radius 2 is 1.43 bits per heavy atom. The van der Waals surface area contributed by atoms with Gasteiger partial charge >= 0.3 is 0 Å². The van der Waals surface area contributed by atoms with Gasteiger partial charge in [-0.3, -0.25) is 0 Å². The van der Waals surface area contributed by atoms with Crippen LogP contribution in [0.1, 0.15) is 59.3 Å². The van der Waals surface area contributed by atoms with Gasteiger partial charge in [0.15, 0.2) is 6.29 Å². The van der Waals surface area contributed by atoms with Gasteiger partial charge in [-0.05, 0) is 82.5 Å². The van der Waals surface area contributed by atoms with Crippen LogP contribution in [-0.4, -0.2) is 32.1 Å². The predicted molar refractivity (Wildman–Crippen MR) is 85.1 cm³/mol. The summed E-state index contributed by atoms with van der Waals surface area (Å²) in [6.07, 6.45) is 8.85. The first-order chi connectivity index (χ1) is 10.1. The summed E-state index contributed by atoms with van der Waals surface area (Å²) < 4.78 is 11.3. The van der Waals surface area contributed by atoms with E-state index in [0.717, 1.165) is 37.5 Å². The Hall–Kier alpha value is -0.120. The maximum Gasteiger partial charge on any atom is 0.169 e. The average Bonchev–Trinajstić information content (AvgIpc) is 2.43. The molecule has 3 heteroatoms. The highest BCUT2D eigenvalue weighted by Gasteiger charge is 2.52. The van der Waals surface area contributed by atoms with E-state index in [2.05, 4.69) is 12.2 Å². The molecule has 0 amide bonds. The molecule has 1 atom stereocenters. The van der Waals surface area contributed by atoms with Crippen LogP contribution in [0.3, 0.4) is 0 Å². The Balaban J connectivity index is 1.56. The summed E-state index contributed by atoms with van der Waals surface area (Å²) >= 11 is 0. The molecule has 0 aromatic carbocycles. The molecule has 122 valence electrons. The summed E-state index contributed by atoms with van der Waals surface area (Å²) in [5.41, 5.74) is 0.567. The Labute approximate surface area is 130 Å². The van der Waals surface area contributed by atoms with E-state index in [1.54, 1.807) is 0 Å². The molecule has 21 heavy (non-hydrogen) atoms. The van der Waals surface area contributed by atoms with Crippen LogP contribution in [0.25, 0.3) is 0 Å². The van der Waals surface area contributed by atoms with Crippen LogP contribution >= 0.6 is 0 Å². The summed E-state index contributed by atoms with van der Waals surface area (Å²) in [7, 11) is 0. The molecule has 0 aromatic heterocycles. The summed E-state index contributed by atoms with van der Waals surface area (Å²) in [6, 6.07) is 0.592. The Morgan fingerprint density at radius 1 is 0.952 bits per heavy atom. The molecule has 0 aromatic rings. The first-order valence-corrected chi connectivity index (χ1v) is 9.11. The highest BCUT2D eigenvalue weighted by Crippen LogP contribution is 2.61. The topological polar surface area (TPSA) is 30.5 Å². The Morgan fingerprint density at radius 3 is 1.86 bits per heavy atom. The largest absolute Gasteiger partial charge is 0.352 e. The Kier molecular flexibility index (Phi) is 4.92. The average molecular weight is 295 g/mol. The summed E-state index contributed by atoms with van der Waals surface area (Å²) in [5.74, 6) is 3.07. The molecule has 4 fully saturated rings. The van der Waals surface area contributed by atoms with Gasteiger partial charge in [-0.1, -0.05) is 0 Å². The number of ether oxygens (including phenoxy) is 2. The van der Waals surface area contributed by atoms with Gasteiger partial charge in [0.05, 0.1) is 0 Å². The van der Waals surface area contributed by atoms with E-state index in [-0.39, 0.29) is 6.29 Å². The SMILES string of the molecule is CCOC(CNC(C)C12CC3CC(CC(C3)C1)C2)OCC. The third-order valence-electron chi connectivity index (χ3n) is 6.30. The van der Waals surface area contributed by atoms with Crippen LogP contribution in [0.15, 0.2) is 0 Å². The van der Waals surface area contributed by atoms with Crippen LogP contribution in [0.2, 0.25) is 0 Å². The second-order valence-corrected chi connectivity index (χ2v) is 7.75. The van der Waals surface area contributed by atoms with Gasteiger partial charge in [0.2, 0.25) is 0 Å². The van der Waals surface area contributed by atoms with Crippen LogP contribution in [0, 0.1) is 23.2 Å². The molecule has 3 nitrogen and oxygen atoms in total. The molecule has 4 rings (SSSR count). The van der Waals surface area contributed by atoms with Gasteiger partial charge in [-0.25, -0.2) is 0 Å². The maximum atomic E-state index is 5.67. The minimum Gasteiger partial charge on any atom is -0.352 e. The smallest absolute Gasteiger partial charge is 0.169 e. The lowest BCUT2D eigenvalue weighted by Gasteiger charge is -2.59. The highest BCUT2D eigenvalue weighted by atomic mass is 16.7. The third-order valence-corrected chi connectivity index (χ3v) is 6.30. The van der Waals surface area contributed by atoms with Crippen molar-refractivity contribution >= 4 is 0 Å². The van der Waals surface area contributed by atoms with Crippen LogP contribution in [0.5, 0.6) is 0 Å². The number of rotatable bonds is 8. The fourth-order valence-corrected chi connectivity index (χ4v) is 5.74. The van der Waals surface area contributed by atoms with Gasteiger partial charge in [-0.15, -0.1) is 0 Å². The predicted octanol–water partition coefficient (Wildman–Crippen LogP) is 3.58. The van der Waals surface area contributed by atoms with Crippen molar-refractivity contribution in [2.24, 2.45) is 23.2 Å². The summed E-state index contributed by atoms with van der Waals surface area (Å²) in [4.78, 5) is 0. The van der Waals surface area contributed by atoms with E-state index in [4.69, 9.17) is 9.47 Å².